The second kappa shape index (κ2) is 6.58. The number of anilines is 1. The second-order valence-electron chi connectivity index (χ2n) is 4.58. The summed E-state index contributed by atoms with van der Waals surface area (Å²) < 4.78 is 15.2. The standard InChI is InChI=1S/C15H15BrFN3O/c1-9-7-11(16)5-6-13(9)19-8-10-3-2-4-12(14(10)17)15(18)20-21/h2-7,19,21H,8H2,1H3,(H2,18,20). The van der Waals surface area contributed by atoms with Crippen molar-refractivity contribution in [2.24, 2.45) is 10.9 Å². The molecule has 0 fully saturated rings. The van der Waals surface area contributed by atoms with Gasteiger partial charge in [-0.15, -0.1) is 0 Å². The minimum Gasteiger partial charge on any atom is -0.409 e. The van der Waals surface area contributed by atoms with E-state index in [0.717, 1.165) is 15.7 Å². The number of nitrogens with two attached hydrogens (primary N) is 1. The van der Waals surface area contributed by atoms with Crippen molar-refractivity contribution in [1.82, 2.24) is 0 Å². The van der Waals surface area contributed by atoms with Crippen molar-refractivity contribution < 1.29 is 9.60 Å². The van der Waals surface area contributed by atoms with Crippen molar-refractivity contribution in [1.29, 1.82) is 0 Å². The molecule has 2 rings (SSSR count). The molecule has 2 aromatic rings. The third kappa shape index (κ3) is 3.52. The Hall–Kier alpha value is -2.08. The van der Waals surface area contributed by atoms with Crippen LogP contribution in [0.1, 0.15) is 16.7 Å². The number of benzene rings is 2. The summed E-state index contributed by atoms with van der Waals surface area (Å²) in [5, 5.41) is 14.7. The highest BCUT2D eigenvalue weighted by Crippen LogP contribution is 2.21. The predicted molar refractivity (Wildman–Crippen MR) is 85.1 cm³/mol. The first-order valence-electron chi connectivity index (χ1n) is 6.28. The van der Waals surface area contributed by atoms with Gasteiger partial charge in [-0.1, -0.05) is 33.2 Å². The first-order chi connectivity index (χ1) is 10.0. The van der Waals surface area contributed by atoms with Gasteiger partial charge in [0.1, 0.15) is 5.82 Å². The molecule has 0 bridgehead atoms. The zero-order chi connectivity index (χ0) is 15.4. The molecule has 0 saturated heterocycles. The Morgan fingerprint density at radius 1 is 1.38 bits per heavy atom. The van der Waals surface area contributed by atoms with Gasteiger partial charge >= 0.3 is 0 Å². The number of hydrogen-bond donors (Lipinski definition) is 3. The smallest absolute Gasteiger partial charge is 0.173 e. The molecule has 0 unspecified atom stereocenters. The Kier molecular flexibility index (Phi) is 4.80. The van der Waals surface area contributed by atoms with E-state index < -0.39 is 5.82 Å². The largest absolute Gasteiger partial charge is 0.409 e. The SMILES string of the molecule is Cc1cc(Br)ccc1NCc1cccc(/C(N)=N/O)c1F. The van der Waals surface area contributed by atoms with Crippen molar-refractivity contribution in [3.63, 3.8) is 0 Å². The number of nitrogens with one attached hydrogen (secondary N) is 1. The molecule has 110 valence electrons. The summed E-state index contributed by atoms with van der Waals surface area (Å²) in [5.74, 6) is -0.732. The lowest BCUT2D eigenvalue weighted by atomic mass is 10.1. The number of halogens is 2. The van der Waals surface area contributed by atoms with Gasteiger partial charge in [0.05, 0.1) is 5.56 Å². The van der Waals surface area contributed by atoms with E-state index in [0.29, 0.717) is 12.1 Å². The second-order valence-corrected chi connectivity index (χ2v) is 5.49. The van der Waals surface area contributed by atoms with Crippen LogP contribution in [0.25, 0.3) is 0 Å². The van der Waals surface area contributed by atoms with Crippen molar-refractivity contribution in [3.05, 3.63) is 63.4 Å². The van der Waals surface area contributed by atoms with Crippen LogP contribution in [0, 0.1) is 12.7 Å². The molecule has 0 saturated carbocycles. The van der Waals surface area contributed by atoms with Crippen LogP contribution in [0.15, 0.2) is 46.0 Å². The van der Waals surface area contributed by atoms with E-state index in [4.69, 9.17) is 10.9 Å². The van der Waals surface area contributed by atoms with Crippen molar-refractivity contribution in [2.45, 2.75) is 13.5 Å². The summed E-state index contributed by atoms with van der Waals surface area (Å²) in [5.41, 5.74) is 7.96. The molecule has 4 N–H and O–H groups in total. The highest BCUT2D eigenvalue weighted by atomic mass is 79.9. The number of nitrogens with zero attached hydrogens (tertiary/aromatic N) is 1. The van der Waals surface area contributed by atoms with Gasteiger partial charge in [0.15, 0.2) is 5.84 Å². The maximum atomic E-state index is 14.3. The lowest BCUT2D eigenvalue weighted by molar-refractivity contribution is 0.318. The van der Waals surface area contributed by atoms with Gasteiger partial charge in [-0.3, -0.25) is 0 Å². The molecule has 6 heteroatoms. The fourth-order valence-electron chi connectivity index (χ4n) is 1.98. The van der Waals surface area contributed by atoms with E-state index in [1.165, 1.54) is 6.07 Å². The lowest BCUT2D eigenvalue weighted by Crippen LogP contribution is -2.16. The molecule has 2 aromatic carbocycles. The minimum absolute atomic E-state index is 0.0873. The first kappa shape index (κ1) is 15.3. The molecule has 0 spiro atoms. The first-order valence-corrected chi connectivity index (χ1v) is 7.07. The van der Waals surface area contributed by atoms with Crippen LogP contribution in [0.5, 0.6) is 0 Å². The molecule has 4 nitrogen and oxygen atoms in total. The average molecular weight is 352 g/mol. The number of rotatable bonds is 4. The van der Waals surface area contributed by atoms with E-state index in [1.807, 2.05) is 25.1 Å². The molecule has 0 heterocycles. The lowest BCUT2D eigenvalue weighted by Gasteiger charge is -2.12. The van der Waals surface area contributed by atoms with Crippen LogP contribution < -0.4 is 11.1 Å². The fourth-order valence-corrected chi connectivity index (χ4v) is 2.46. The van der Waals surface area contributed by atoms with Gasteiger partial charge in [0.25, 0.3) is 0 Å². The van der Waals surface area contributed by atoms with E-state index in [2.05, 4.69) is 26.4 Å². The number of oxime groups is 1. The van der Waals surface area contributed by atoms with Crippen molar-refractivity contribution in [2.75, 3.05) is 5.32 Å². The fraction of sp³-hybridized carbons (Fsp3) is 0.133. The predicted octanol–water partition coefficient (Wildman–Crippen LogP) is 3.60. The quantitative estimate of drug-likeness (QED) is 0.341. The number of hydrogen-bond acceptors (Lipinski definition) is 3. The molecule has 0 aromatic heterocycles. The maximum absolute atomic E-state index is 14.3. The summed E-state index contributed by atoms with van der Waals surface area (Å²) in [6.45, 7) is 2.27. The monoisotopic (exact) mass is 351 g/mol. The summed E-state index contributed by atoms with van der Waals surface area (Å²) in [7, 11) is 0. The van der Waals surface area contributed by atoms with E-state index in [-0.39, 0.29) is 11.4 Å². The molecule has 0 amide bonds. The zero-order valence-corrected chi connectivity index (χ0v) is 13.0. The summed E-state index contributed by atoms with van der Waals surface area (Å²) in [6, 6.07) is 10.6. The Labute approximate surface area is 130 Å². The van der Waals surface area contributed by atoms with Crippen molar-refractivity contribution >= 4 is 27.5 Å². The molecular formula is C15H15BrFN3O. The van der Waals surface area contributed by atoms with Crippen LogP contribution >= 0.6 is 15.9 Å². The van der Waals surface area contributed by atoms with Gasteiger partial charge in [0, 0.05) is 22.3 Å². The number of amidine groups is 1. The molecule has 0 atom stereocenters. The van der Waals surface area contributed by atoms with Gasteiger partial charge < -0.3 is 16.3 Å². The van der Waals surface area contributed by atoms with Gasteiger partial charge in [-0.05, 0) is 36.8 Å². The Morgan fingerprint density at radius 3 is 2.81 bits per heavy atom. The van der Waals surface area contributed by atoms with Crippen LogP contribution in [0.3, 0.4) is 0 Å². The summed E-state index contributed by atoms with van der Waals surface area (Å²) in [4.78, 5) is 0. The van der Waals surface area contributed by atoms with Crippen molar-refractivity contribution in [3.8, 4) is 0 Å². The number of aryl methyl sites for hydroxylation is 1. The Bertz CT molecular complexity index is 689. The van der Waals surface area contributed by atoms with E-state index in [9.17, 15) is 4.39 Å². The normalized spacial score (nSPS) is 11.5. The molecule has 0 aliphatic rings. The van der Waals surface area contributed by atoms with Gasteiger partial charge in [-0.25, -0.2) is 4.39 Å². The highest BCUT2D eigenvalue weighted by molar-refractivity contribution is 9.10. The highest BCUT2D eigenvalue weighted by Gasteiger charge is 2.11. The van der Waals surface area contributed by atoms with E-state index >= 15 is 0 Å². The molecule has 0 radical (unpaired) electrons. The van der Waals surface area contributed by atoms with Crippen LogP contribution in [0.4, 0.5) is 10.1 Å². The molecule has 0 aliphatic carbocycles. The summed E-state index contributed by atoms with van der Waals surface area (Å²) >= 11 is 3.40. The molecule has 0 aliphatic heterocycles. The average Bonchev–Trinajstić information content (AvgIpc) is 2.47. The summed E-state index contributed by atoms with van der Waals surface area (Å²) in [6.07, 6.45) is 0. The van der Waals surface area contributed by atoms with Crippen LogP contribution in [-0.4, -0.2) is 11.0 Å². The molecular weight excluding hydrogens is 337 g/mol. The van der Waals surface area contributed by atoms with Crippen LogP contribution in [-0.2, 0) is 6.54 Å². The van der Waals surface area contributed by atoms with Gasteiger partial charge in [-0.2, -0.15) is 0 Å². The van der Waals surface area contributed by atoms with E-state index in [1.54, 1.807) is 12.1 Å². The molecule has 21 heavy (non-hydrogen) atoms. The Morgan fingerprint density at radius 2 is 2.14 bits per heavy atom. The minimum atomic E-state index is -0.491. The van der Waals surface area contributed by atoms with Gasteiger partial charge in [0.2, 0.25) is 0 Å². The maximum Gasteiger partial charge on any atom is 0.173 e. The third-order valence-corrected chi connectivity index (χ3v) is 3.61. The zero-order valence-electron chi connectivity index (χ0n) is 11.4. The van der Waals surface area contributed by atoms with Crippen LogP contribution in [0.2, 0.25) is 0 Å². The Balaban J connectivity index is 2.21. The third-order valence-electron chi connectivity index (χ3n) is 3.12. The topological polar surface area (TPSA) is 70.6 Å².